The van der Waals surface area contributed by atoms with Crippen molar-refractivity contribution < 1.29 is 19.4 Å². The first-order valence-electron chi connectivity index (χ1n) is 12.2. The number of benzene rings is 3. The van der Waals surface area contributed by atoms with Crippen molar-refractivity contribution >= 4 is 28.8 Å². The average molecular weight is 485 g/mol. The van der Waals surface area contributed by atoms with E-state index in [2.05, 4.69) is 18.7 Å². The highest BCUT2D eigenvalue weighted by molar-refractivity contribution is 6.51. The van der Waals surface area contributed by atoms with Gasteiger partial charge in [-0.2, -0.15) is 0 Å². The maximum Gasteiger partial charge on any atom is 0.300 e. The molecule has 0 aliphatic carbocycles. The van der Waals surface area contributed by atoms with E-state index >= 15 is 0 Å². The largest absolute Gasteiger partial charge is 0.507 e. The summed E-state index contributed by atoms with van der Waals surface area (Å²) >= 11 is 0. The average Bonchev–Trinajstić information content (AvgIpc) is 3.15. The third-order valence-electron chi connectivity index (χ3n) is 6.76. The van der Waals surface area contributed by atoms with Gasteiger partial charge in [-0.05, 0) is 81.3 Å². The molecular weight excluding hydrogens is 452 g/mol. The fourth-order valence-corrected chi connectivity index (χ4v) is 4.83. The number of aryl methyl sites for hydroxylation is 2. The van der Waals surface area contributed by atoms with Gasteiger partial charge in [0.1, 0.15) is 11.5 Å². The zero-order valence-corrected chi connectivity index (χ0v) is 21.4. The number of carbonyl (C=O) groups is 2. The Morgan fingerprint density at radius 3 is 2.14 bits per heavy atom. The monoisotopic (exact) mass is 484 g/mol. The molecule has 1 N–H and O–H groups in total. The van der Waals surface area contributed by atoms with Crippen LogP contribution in [0.4, 0.5) is 11.4 Å². The van der Waals surface area contributed by atoms with Crippen LogP contribution in [0.2, 0.25) is 0 Å². The molecule has 1 heterocycles. The number of nitrogens with zero attached hydrogens (tertiary/aromatic N) is 2. The molecule has 0 saturated carbocycles. The van der Waals surface area contributed by atoms with Gasteiger partial charge in [0.25, 0.3) is 11.7 Å². The molecule has 36 heavy (non-hydrogen) atoms. The molecule has 1 fully saturated rings. The van der Waals surface area contributed by atoms with Crippen molar-refractivity contribution in [3.63, 3.8) is 0 Å². The van der Waals surface area contributed by atoms with Crippen molar-refractivity contribution in [3.8, 4) is 5.75 Å². The summed E-state index contributed by atoms with van der Waals surface area (Å²) < 4.78 is 5.22. The van der Waals surface area contributed by atoms with Crippen molar-refractivity contribution in [2.45, 2.75) is 33.7 Å². The summed E-state index contributed by atoms with van der Waals surface area (Å²) in [6, 6.07) is 19.6. The highest BCUT2D eigenvalue weighted by Crippen LogP contribution is 2.43. The number of ether oxygens (including phenoxy) is 1. The number of aliphatic hydroxyl groups is 1. The minimum Gasteiger partial charge on any atom is -0.507 e. The molecule has 3 aromatic rings. The van der Waals surface area contributed by atoms with Crippen LogP contribution in [0.1, 0.15) is 42.1 Å². The molecule has 1 amide bonds. The van der Waals surface area contributed by atoms with Gasteiger partial charge < -0.3 is 14.7 Å². The number of amides is 1. The first kappa shape index (κ1) is 25.0. The molecule has 0 radical (unpaired) electrons. The number of ketones is 1. The lowest BCUT2D eigenvalue weighted by atomic mass is 9.94. The Hall–Kier alpha value is -4.06. The fourth-order valence-electron chi connectivity index (χ4n) is 4.83. The second-order valence-corrected chi connectivity index (χ2v) is 8.95. The summed E-state index contributed by atoms with van der Waals surface area (Å²) in [5.41, 5.74) is 4.91. The Labute approximate surface area is 212 Å². The van der Waals surface area contributed by atoms with E-state index in [0.717, 1.165) is 35.5 Å². The summed E-state index contributed by atoms with van der Waals surface area (Å²) in [4.78, 5) is 30.6. The third-order valence-corrected chi connectivity index (χ3v) is 6.76. The molecule has 1 saturated heterocycles. The Balaban J connectivity index is 1.90. The van der Waals surface area contributed by atoms with Crippen molar-refractivity contribution in [1.82, 2.24) is 0 Å². The smallest absolute Gasteiger partial charge is 0.300 e. The van der Waals surface area contributed by atoms with Crippen LogP contribution >= 0.6 is 0 Å². The molecule has 0 spiro atoms. The van der Waals surface area contributed by atoms with Crippen LogP contribution in [0, 0.1) is 13.8 Å². The molecule has 1 aliphatic heterocycles. The van der Waals surface area contributed by atoms with E-state index in [1.807, 2.05) is 56.3 Å². The summed E-state index contributed by atoms with van der Waals surface area (Å²) in [7, 11) is 1.56. The first-order valence-corrected chi connectivity index (χ1v) is 12.2. The van der Waals surface area contributed by atoms with Crippen LogP contribution in [0.25, 0.3) is 5.76 Å². The summed E-state index contributed by atoms with van der Waals surface area (Å²) in [6.45, 7) is 9.84. The van der Waals surface area contributed by atoms with Crippen molar-refractivity contribution in [2.75, 3.05) is 30.0 Å². The van der Waals surface area contributed by atoms with Crippen LogP contribution in [0.3, 0.4) is 0 Å². The summed E-state index contributed by atoms with van der Waals surface area (Å²) in [5.74, 6) is -0.942. The third kappa shape index (κ3) is 4.47. The number of Topliss-reactive ketones (excluding diaryl/α,β-unsaturated/α-hetero) is 1. The van der Waals surface area contributed by atoms with Crippen molar-refractivity contribution in [3.05, 3.63) is 94.6 Å². The van der Waals surface area contributed by atoms with Crippen molar-refractivity contribution in [2.24, 2.45) is 0 Å². The molecule has 0 aromatic heterocycles. The molecule has 3 aromatic carbocycles. The van der Waals surface area contributed by atoms with E-state index in [1.165, 1.54) is 4.90 Å². The first-order chi connectivity index (χ1) is 17.3. The van der Waals surface area contributed by atoms with Crippen LogP contribution in [0.5, 0.6) is 5.75 Å². The number of hydrogen-bond acceptors (Lipinski definition) is 5. The number of methoxy groups -OCH3 is 1. The quantitative estimate of drug-likeness (QED) is 0.261. The molecule has 0 bridgehead atoms. The molecule has 4 rings (SSSR count). The topological polar surface area (TPSA) is 70.1 Å². The maximum atomic E-state index is 13.4. The van der Waals surface area contributed by atoms with Gasteiger partial charge in [-0.1, -0.05) is 29.8 Å². The lowest BCUT2D eigenvalue weighted by Crippen LogP contribution is -2.30. The minimum absolute atomic E-state index is 0.0701. The zero-order valence-electron chi connectivity index (χ0n) is 21.4. The van der Waals surface area contributed by atoms with Gasteiger partial charge in [-0.15, -0.1) is 0 Å². The van der Waals surface area contributed by atoms with Gasteiger partial charge in [-0.3, -0.25) is 14.5 Å². The zero-order chi connectivity index (χ0) is 26.0. The number of carbonyl (C=O) groups excluding carboxylic acids is 2. The highest BCUT2D eigenvalue weighted by Gasteiger charge is 2.47. The Bertz CT molecular complexity index is 1310. The molecule has 1 aliphatic rings. The SMILES string of the molecule is CCN(CC)c1ccc(C2/C(=C(\O)c3ccc(OC)cc3)C(=O)C(=O)N2c2ccc(C)cc2C)cc1. The number of hydrogen-bond donors (Lipinski definition) is 1. The van der Waals surface area contributed by atoms with Gasteiger partial charge in [0.2, 0.25) is 0 Å². The minimum atomic E-state index is -0.765. The Morgan fingerprint density at radius 2 is 1.58 bits per heavy atom. The van der Waals surface area contributed by atoms with Gasteiger partial charge in [0.15, 0.2) is 0 Å². The van der Waals surface area contributed by atoms with E-state index in [9.17, 15) is 14.7 Å². The standard InChI is InChI=1S/C30H32N2O4/c1-6-31(7-2)23-13-9-21(10-14-23)27-26(28(33)22-11-15-24(36-5)16-12-22)29(34)30(35)32(27)25-17-8-19(3)18-20(25)4/h8-18,27,33H,6-7H2,1-5H3/b28-26+. The van der Waals surface area contributed by atoms with Gasteiger partial charge >= 0.3 is 0 Å². The van der Waals surface area contributed by atoms with E-state index in [1.54, 1.807) is 31.4 Å². The predicted molar refractivity (Wildman–Crippen MR) is 144 cm³/mol. The predicted octanol–water partition coefficient (Wildman–Crippen LogP) is 5.78. The van der Waals surface area contributed by atoms with Crippen LogP contribution in [-0.4, -0.2) is 37.0 Å². The molecule has 6 nitrogen and oxygen atoms in total. The molecule has 186 valence electrons. The van der Waals surface area contributed by atoms with Gasteiger partial charge in [0.05, 0.1) is 18.7 Å². The van der Waals surface area contributed by atoms with E-state index in [4.69, 9.17) is 4.74 Å². The maximum absolute atomic E-state index is 13.4. The van der Waals surface area contributed by atoms with Crippen molar-refractivity contribution in [1.29, 1.82) is 0 Å². The van der Waals surface area contributed by atoms with Gasteiger partial charge in [-0.25, -0.2) is 0 Å². The summed E-state index contributed by atoms with van der Waals surface area (Å²) in [6.07, 6.45) is 0. The number of rotatable bonds is 7. The second kappa shape index (κ2) is 10.3. The van der Waals surface area contributed by atoms with E-state index < -0.39 is 17.7 Å². The Morgan fingerprint density at radius 1 is 0.944 bits per heavy atom. The molecule has 1 atom stereocenters. The number of aliphatic hydroxyl groups excluding tert-OH is 1. The lowest BCUT2D eigenvalue weighted by molar-refractivity contribution is -0.132. The fraction of sp³-hybridized carbons (Fsp3) is 0.267. The molecular formula is C30H32N2O4. The van der Waals surface area contributed by atoms with Crippen LogP contribution in [0.15, 0.2) is 72.3 Å². The van der Waals surface area contributed by atoms with E-state index in [0.29, 0.717) is 17.0 Å². The van der Waals surface area contributed by atoms with Crippen LogP contribution in [-0.2, 0) is 9.59 Å². The lowest BCUT2D eigenvalue weighted by Gasteiger charge is -2.28. The second-order valence-electron chi connectivity index (χ2n) is 8.95. The van der Waals surface area contributed by atoms with Crippen LogP contribution < -0.4 is 14.5 Å². The Kier molecular flexibility index (Phi) is 7.15. The molecule has 6 heteroatoms. The summed E-state index contributed by atoms with van der Waals surface area (Å²) in [5, 5.41) is 11.3. The molecule has 1 unspecified atom stereocenters. The normalized spacial score (nSPS) is 16.9. The van der Waals surface area contributed by atoms with E-state index in [-0.39, 0.29) is 11.3 Å². The van der Waals surface area contributed by atoms with Gasteiger partial charge in [0, 0.05) is 30.0 Å². The highest BCUT2D eigenvalue weighted by atomic mass is 16.5. The number of anilines is 2.